The van der Waals surface area contributed by atoms with E-state index < -0.39 is 0 Å². The first kappa shape index (κ1) is 24.1. The van der Waals surface area contributed by atoms with Crippen LogP contribution in [0.15, 0.2) is 12.2 Å². The molecule has 0 rings (SSSR count). The first-order valence-electron chi connectivity index (χ1n) is 10.3. The zero-order valence-electron chi connectivity index (χ0n) is 17.1. The minimum Gasteiger partial charge on any atom is -0.385 e. The molecule has 0 aliphatic rings. The average molecular weight is 357 g/mol. The van der Waals surface area contributed by atoms with E-state index in [4.69, 9.17) is 4.74 Å². The molecular formula is C22H44OS. The highest BCUT2D eigenvalue weighted by Crippen LogP contribution is 2.19. The van der Waals surface area contributed by atoms with Crippen molar-refractivity contribution < 1.29 is 4.74 Å². The van der Waals surface area contributed by atoms with Crippen LogP contribution in [0.1, 0.15) is 91.4 Å². The summed E-state index contributed by atoms with van der Waals surface area (Å²) in [6.07, 6.45) is 15.0. The molecule has 1 atom stereocenters. The van der Waals surface area contributed by atoms with Crippen molar-refractivity contribution >= 4 is 11.8 Å². The summed E-state index contributed by atoms with van der Waals surface area (Å²) in [5, 5.41) is 0. The number of unbranched alkanes of at least 4 members (excludes halogenated alkanes) is 7. The molecule has 1 nitrogen and oxygen atoms in total. The molecule has 2 heteroatoms. The molecule has 0 bridgehead atoms. The molecule has 24 heavy (non-hydrogen) atoms. The van der Waals surface area contributed by atoms with E-state index in [1.54, 1.807) is 7.11 Å². The van der Waals surface area contributed by atoms with E-state index in [1.165, 1.54) is 87.7 Å². The fourth-order valence-electron chi connectivity index (χ4n) is 2.86. The summed E-state index contributed by atoms with van der Waals surface area (Å²) < 4.78 is 5.08. The standard InChI is InChI=1S/C22H44OS/c1-20(2)22(4)16-14-18-24-19-21(3)15-12-10-8-6-7-9-11-13-17-23-5/h20-21H,4,6-19H2,1-3,5H3. The number of allylic oxidation sites excluding steroid dienone is 1. The maximum absolute atomic E-state index is 5.08. The Labute approximate surface area is 157 Å². The molecule has 0 aromatic carbocycles. The second kappa shape index (κ2) is 17.9. The molecule has 0 N–H and O–H groups in total. The molecule has 0 fully saturated rings. The number of rotatable bonds is 18. The Morgan fingerprint density at radius 2 is 1.46 bits per heavy atom. The molecule has 1 unspecified atom stereocenters. The third kappa shape index (κ3) is 16.9. The van der Waals surface area contributed by atoms with E-state index in [2.05, 4.69) is 39.1 Å². The molecule has 144 valence electrons. The minimum absolute atomic E-state index is 0.652. The predicted molar refractivity (Wildman–Crippen MR) is 113 cm³/mol. The summed E-state index contributed by atoms with van der Waals surface area (Å²) in [5.41, 5.74) is 1.42. The van der Waals surface area contributed by atoms with Gasteiger partial charge in [0.15, 0.2) is 0 Å². The first-order chi connectivity index (χ1) is 11.6. The maximum atomic E-state index is 5.08. The SMILES string of the molecule is C=C(CCCSCC(C)CCCCCCCCCCOC)C(C)C. The van der Waals surface area contributed by atoms with Gasteiger partial charge < -0.3 is 4.74 Å². The van der Waals surface area contributed by atoms with Crippen molar-refractivity contribution in [3.63, 3.8) is 0 Å². The van der Waals surface area contributed by atoms with Crippen molar-refractivity contribution in [3.05, 3.63) is 12.2 Å². The van der Waals surface area contributed by atoms with Crippen LogP contribution < -0.4 is 0 Å². The van der Waals surface area contributed by atoms with Gasteiger partial charge in [0.2, 0.25) is 0 Å². The van der Waals surface area contributed by atoms with Gasteiger partial charge in [0.25, 0.3) is 0 Å². The van der Waals surface area contributed by atoms with Crippen molar-refractivity contribution in [2.24, 2.45) is 11.8 Å². The van der Waals surface area contributed by atoms with Gasteiger partial charge in [0.1, 0.15) is 0 Å². The van der Waals surface area contributed by atoms with Crippen LogP contribution in [0, 0.1) is 11.8 Å². The third-order valence-electron chi connectivity index (χ3n) is 4.80. The Bertz CT molecular complexity index is 275. The van der Waals surface area contributed by atoms with Gasteiger partial charge in [-0.05, 0) is 49.0 Å². The van der Waals surface area contributed by atoms with Gasteiger partial charge in [-0.1, -0.05) is 77.9 Å². The molecule has 0 aliphatic carbocycles. The molecular weight excluding hydrogens is 312 g/mol. The normalized spacial score (nSPS) is 12.7. The van der Waals surface area contributed by atoms with E-state index in [0.717, 1.165) is 12.5 Å². The van der Waals surface area contributed by atoms with Crippen LogP contribution in [0.25, 0.3) is 0 Å². The Morgan fingerprint density at radius 1 is 0.875 bits per heavy atom. The lowest BCUT2D eigenvalue weighted by Crippen LogP contribution is -2.00. The third-order valence-corrected chi connectivity index (χ3v) is 6.18. The lowest BCUT2D eigenvalue weighted by molar-refractivity contribution is 0.192. The Morgan fingerprint density at radius 3 is 2.04 bits per heavy atom. The molecule has 0 spiro atoms. The molecule has 0 saturated carbocycles. The molecule has 0 amide bonds. The second-order valence-electron chi connectivity index (χ2n) is 7.71. The number of hydrogen-bond donors (Lipinski definition) is 0. The average Bonchev–Trinajstić information content (AvgIpc) is 2.55. The van der Waals surface area contributed by atoms with Gasteiger partial charge >= 0.3 is 0 Å². The molecule has 0 aromatic heterocycles. The van der Waals surface area contributed by atoms with Gasteiger partial charge in [-0.3, -0.25) is 0 Å². The van der Waals surface area contributed by atoms with Crippen molar-refractivity contribution in [1.82, 2.24) is 0 Å². The number of ether oxygens (including phenoxy) is 1. The van der Waals surface area contributed by atoms with E-state index in [-0.39, 0.29) is 0 Å². The van der Waals surface area contributed by atoms with Gasteiger partial charge in [-0.15, -0.1) is 0 Å². The molecule has 0 aliphatic heterocycles. The first-order valence-corrected chi connectivity index (χ1v) is 11.5. The van der Waals surface area contributed by atoms with Crippen molar-refractivity contribution in [2.45, 2.75) is 91.4 Å². The quantitative estimate of drug-likeness (QED) is 0.186. The summed E-state index contributed by atoms with van der Waals surface area (Å²) >= 11 is 2.15. The zero-order chi connectivity index (χ0) is 18.0. The number of thioether (sulfide) groups is 1. The summed E-state index contributed by atoms with van der Waals surface area (Å²) in [7, 11) is 1.80. The summed E-state index contributed by atoms with van der Waals surface area (Å²) in [5.74, 6) is 4.18. The lowest BCUT2D eigenvalue weighted by atomic mass is 10.0. The van der Waals surface area contributed by atoms with Crippen molar-refractivity contribution in [1.29, 1.82) is 0 Å². The van der Waals surface area contributed by atoms with Gasteiger partial charge in [0.05, 0.1) is 0 Å². The van der Waals surface area contributed by atoms with Crippen LogP contribution in [-0.2, 0) is 4.74 Å². The smallest absolute Gasteiger partial charge is 0.0462 e. The highest BCUT2D eigenvalue weighted by molar-refractivity contribution is 7.99. The number of hydrogen-bond acceptors (Lipinski definition) is 2. The molecule has 0 radical (unpaired) electrons. The van der Waals surface area contributed by atoms with E-state index in [0.29, 0.717) is 5.92 Å². The van der Waals surface area contributed by atoms with Gasteiger partial charge in [-0.2, -0.15) is 11.8 Å². The van der Waals surface area contributed by atoms with E-state index in [9.17, 15) is 0 Å². The van der Waals surface area contributed by atoms with E-state index in [1.807, 2.05) is 0 Å². The highest BCUT2D eigenvalue weighted by Gasteiger charge is 2.04. The Hall–Kier alpha value is 0.0500. The summed E-state index contributed by atoms with van der Waals surface area (Å²) in [6, 6.07) is 0. The Kier molecular flexibility index (Phi) is 17.9. The second-order valence-corrected chi connectivity index (χ2v) is 8.86. The van der Waals surface area contributed by atoms with Crippen LogP contribution in [0.3, 0.4) is 0 Å². The predicted octanol–water partition coefficient (Wildman–Crippen LogP) is 7.51. The van der Waals surface area contributed by atoms with Gasteiger partial charge in [0, 0.05) is 13.7 Å². The lowest BCUT2D eigenvalue weighted by Gasteiger charge is -2.12. The fourth-order valence-corrected chi connectivity index (χ4v) is 3.94. The number of methoxy groups -OCH3 is 1. The van der Waals surface area contributed by atoms with Crippen molar-refractivity contribution in [3.8, 4) is 0 Å². The monoisotopic (exact) mass is 356 g/mol. The largest absolute Gasteiger partial charge is 0.385 e. The van der Waals surface area contributed by atoms with Gasteiger partial charge in [-0.25, -0.2) is 0 Å². The van der Waals surface area contributed by atoms with Crippen LogP contribution >= 0.6 is 11.8 Å². The van der Waals surface area contributed by atoms with Crippen LogP contribution in [0.2, 0.25) is 0 Å². The van der Waals surface area contributed by atoms with Crippen LogP contribution in [-0.4, -0.2) is 25.2 Å². The van der Waals surface area contributed by atoms with Crippen LogP contribution in [0.4, 0.5) is 0 Å². The molecule has 0 heterocycles. The van der Waals surface area contributed by atoms with Crippen molar-refractivity contribution in [2.75, 3.05) is 25.2 Å². The molecule has 0 aromatic rings. The Balaban J connectivity index is 3.24. The zero-order valence-corrected chi connectivity index (χ0v) is 17.9. The topological polar surface area (TPSA) is 9.23 Å². The maximum Gasteiger partial charge on any atom is 0.0462 e. The fraction of sp³-hybridized carbons (Fsp3) is 0.909. The van der Waals surface area contributed by atoms with E-state index >= 15 is 0 Å². The highest BCUT2D eigenvalue weighted by atomic mass is 32.2. The summed E-state index contributed by atoms with van der Waals surface area (Å²) in [6.45, 7) is 12.0. The van der Waals surface area contributed by atoms with Crippen LogP contribution in [0.5, 0.6) is 0 Å². The molecule has 0 saturated heterocycles. The summed E-state index contributed by atoms with van der Waals surface area (Å²) in [4.78, 5) is 0. The minimum atomic E-state index is 0.652.